The fourth-order valence-electron chi connectivity index (χ4n) is 1.68. The number of ether oxygens (including phenoxy) is 1. The molecule has 0 aromatic heterocycles. The highest BCUT2D eigenvalue weighted by Crippen LogP contribution is 2.37. The maximum atomic E-state index is 11.0. The van der Waals surface area contributed by atoms with Gasteiger partial charge >= 0.3 is 5.97 Å². The molecular formula is C10H11ClINO3. The van der Waals surface area contributed by atoms with Crippen LogP contribution in [0.1, 0.15) is 28.4 Å². The maximum absolute atomic E-state index is 11.0. The molecule has 1 aliphatic rings. The standard InChI is InChI=1S/C10H10INO3.ClH/c11-6-2-1-5(10(13)14)9-8(6)7(12)3-4-15-9;/h1-2,7H,3-4,12H2,(H,13,14);1H/t7-;/m1./s1. The fraction of sp³-hybridized carbons (Fsp3) is 0.300. The molecule has 2 rings (SSSR count). The van der Waals surface area contributed by atoms with Crippen LogP contribution in [0.15, 0.2) is 12.1 Å². The molecule has 16 heavy (non-hydrogen) atoms. The number of benzene rings is 1. The predicted octanol–water partition coefficient (Wildman–Crippen LogP) is 2.19. The van der Waals surface area contributed by atoms with Crippen molar-refractivity contribution >= 4 is 41.0 Å². The molecule has 0 aliphatic carbocycles. The first kappa shape index (κ1) is 13.5. The lowest BCUT2D eigenvalue weighted by Crippen LogP contribution is -2.23. The number of hydrogen-bond donors (Lipinski definition) is 2. The normalized spacial score (nSPS) is 18.0. The molecule has 1 atom stereocenters. The second kappa shape index (κ2) is 5.20. The van der Waals surface area contributed by atoms with E-state index >= 15 is 0 Å². The van der Waals surface area contributed by atoms with Crippen LogP contribution in [0.2, 0.25) is 0 Å². The van der Waals surface area contributed by atoms with E-state index in [2.05, 4.69) is 22.6 Å². The van der Waals surface area contributed by atoms with Crippen molar-refractivity contribution in [3.8, 4) is 5.75 Å². The summed E-state index contributed by atoms with van der Waals surface area (Å²) >= 11 is 2.15. The molecule has 1 heterocycles. The van der Waals surface area contributed by atoms with Gasteiger partial charge in [-0.05, 0) is 34.7 Å². The third-order valence-electron chi connectivity index (χ3n) is 2.42. The van der Waals surface area contributed by atoms with E-state index in [-0.39, 0.29) is 24.0 Å². The van der Waals surface area contributed by atoms with E-state index < -0.39 is 5.97 Å². The Balaban J connectivity index is 0.00000128. The van der Waals surface area contributed by atoms with E-state index in [9.17, 15) is 4.79 Å². The maximum Gasteiger partial charge on any atom is 0.339 e. The fourth-order valence-corrected chi connectivity index (χ4v) is 2.50. The molecule has 88 valence electrons. The van der Waals surface area contributed by atoms with Crippen molar-refractivity contribution in [2.75, 3.05) is 6.61 Å². The number of aromatic carboxylic acids is 1. The quantitative estimate of drug-likeness (QED) is 0.758. The number of carboxylic acids is 1. The van der Waals surface area contributed by atoms with Crippen molar-refractivity contribution in [2.24, 2.45) is 5.73 Å². The number of halogens is 2. The Morgan fingerprint density at radius 1 is 1.56 bits per heavy atom. The minimum absolute atomic E-state index is 0. The number of carboxylic acid groups (broad SMARTS) is 1. The van der Waals surface area contributed by atoms with Crippen molar-refractivity contribution in [3.05, 3.63) is 26.8 Å². The minimum Gasteiger partial charge on any atom is -0.492 e. The lowest BCUT2D eigenvalue weighted by Gasteiger charge is -2.25. The van der Waals surface area contributed by atoms with Crippen LogP contribution in [0.4, 0.5) is 0 Å². The summed E-state index contributed by atoms with van der Waals surface area (Å²) in [5, 5.41) is 8.99. The van der Waals surface area contributed by atoms with Crippen LogP contribution in [0.3, 0.4) is 0 Å². The summed E-state index contributed by atoms with van der Waals surface area (Å²) < 4.78 is 6.36. The van der Waals surface area contributed by atoms with Gasteiger partial charge in [-0.3, -0.25) is 0 Å². The van der Waals surface area contributed by atoms with E-state index in [1.54, 1.807) is 12.1 Å². The average molecular weight is 356 g/mol. The summed E-state index contributed by atoms with van der Waals surface area (Å²) in [6, 6.07) is 3.19. The highest BCUT2D eigenvalue weighted by molar-refractivity contribution is 14.1. The van der Waals surface area contributed by atoms with Gasteiger partial charge in [0.15, 0.2) is 0 Å². The highest BCUT2D eigenvalue weighted by Gasteiger charge is 2.25. The number of carbonyl (C=O) groups is 1. The zero-order valence-electron chi connectivity index (χ0n) is 8.27. The molecule has 4 nitrogen and oxygen atoms in total. The lowest BCUT2D eigenvalue weighted by molar-refractivity contribution is 0.0690. The first-order valence-electron chi connectivity index (χ1n) is 4.55. The first-order valence-corrected chi connectivity index (χ1v) is 5.63. The van der Waals surface area contributed by atoms with Crippen LogP contribution < -0.4 is 10.5 Å². The van der Waals surface area contributed by atoms with Gasteiger partial charge in [-0.1, -0.05) is 0 Å². The van der Waals surface area contributed by atoms with E-state index in [0.29, 0.717) is 12.4 Å². The zero-order chi connectivity index (χ0) is 11.0. The van der Waals surface area contributed by atoms with Crippen LogP contribution >= 0.6 is 35.0 Å². The third kappa shape index (κ3) is 2.26. The van der Waals surface area contributed by atoms with Crippen LogP contribution in [-0.2, 0) is 0 Å². The highest BCUT2D eigenvalue weighted by atomic mass is 127. The Morgan fingerprint density at radius 3 is 2.88 bits per heavy atom. The largest absolute Gasteiger partial charge is 0.492 e. The van der Waals surface area contributed by atoms with Gasteiger partial charge in [0.25, 0.3) is 0 Å². The molecule has 3 N–H and O–H groups in total. The van der Waals surface area contributed by atoms with E-state index in [1.165, 1.54) is 0 Å². The first-order chi connectivity index (χ1) is 7.11. The summed E-state index contributed by atoms with van der Waals surface area (Å²) in [5.41, 5.74) is 6.95. The summed E-state index contributed by atoms with van der Waals surface area (Å²) in [5.74, 6) is -0.537. The monoisotopic (exact) mass is 355 g/mol. The van der Waals surface area contributed by atoms with Gasteiger partial charge in [0.05, 0.1) is 6.61 Å². The van der Waals surface area contributed by atoms with Gasteiger partial charge in [-0.15, -0.1) is 12.4 Å². The van der Waals surface area contributed by atoms with Crippen LogP contribution in [0, 0.1) is 3.57 Å². The zero-order valence-corrected chi connectivity index (χ0v) is 11.2. The second-order valence-electron chi connectivity index (χ2n) is 3.39. The topological polar surface area (TPSA) is 72.5 Å². The van der Waals surface area contributed by atoms with Gasteiger partial charge in [0.2, 0.25) is 0 Å². The summed E-state index contributed by atoms with van der Waals surface area (Å²) in [6.07, 6.45) is 0.728. The SMILES string of the molecule is Cl.N[C@@H]1CCOc2c(C(=O)O)ccc(I)c21. The smallest absolute Gasteiger partial charge is 0.339 e. The van der Waals surface area contributed by atoms with Crippen molar-refractivity contribution in [2.45, 2.75) is 12.5 Å². The minimum atomic E-state index is -0.975. The number of fused-ring (bicyclic) bond motifs is 1. The summed E-state index contributed by atoms with van der Waals surface area (Å²) in [4.78, 5) is 11.0. The number of hydrogen-bond acceptors (Lipinski definition) is 3. The van der Waals surface area contributed by atoms with Crippen molar-refractivity contribution in [3.63, 3.8) is 0 Å². The van der Waals surface area contributed by atoms with E-state index in [4.69, 9.17) is 15.6 Å². The summed E-state index contributed by atoms with van der Waals surface area (Å²) in [7, 11) is 0. The molecule has 0 spiro atoms. The molecule has 0 amide bonds. The third-order valence-corrected chi connectivity index (χ3v) is 3.36. The van der Waals surface area contributed by atoms with E-state index in [0.717, 1.165) is 15.6 Å². The lowest BCUT2D eigenvalue weighted by atomic mass is 9.98. The van der Waals surface area contributed by atoms with Gasteiger partial charge in [-0.25, -0.2) is 4.79 Å². The second-order valence-corrected chi connectivity index (χ2v) is 4.55. The molecule has 1 aromatic rings. The Hall–Kier alpha value is -0.530. The molecule has 0 fully saturated rings. The molecule has 6 heteroatoms. The Labute approximate surface area is 113 Å². The Kier molecular flexibility index (Phi) is 4.40. The van der Waals surface area contributed by atoms with Gasteiger partial charge in [-0.2, -0.15) is 0 Å². The number of nitrogens with two attached hydrogens (primary N) is 1. The van der Waals surface area contributed by atoms with Crippen LogP contribution in [0.25, 0.3) is 0 Å². The molecular weight excluding hydrogens is 344 g/mol. The van der Waals surface area contributed by atoms with Crippen molar-refractivity contribution in [1.82, 2.24) is 0 Å². The molecule has 1 aliphatic heterocycles. The van der Waals surface area contributed by atoms with Gasteiger partial charge in [0, 0.05) is 21.6 Å². The van der Waals surface area contributed by atoms with Gasteiger partial charge < -0.3 is 15.6 Å². The summed E-state index contributed by atoms with van der Waals surface area (Å²) in [6.45, 7) is 0.481. The molecule has 1 aromatic carbocycles. The molecule has 0 saturated carbocycles. The van der Waals surface area contributed by atoms with Crippen LogP contribution in [0.5, 0.6) is 5.75 Å². The van der Waals surface area contributed by atoms with Gasteiger partial charge in [0.1, 0.15) is 11.3 Å². The Bertz CT molecular complexity index is 425. The predicted molar refractivity (Wildman–Crippen MR) is 70.4 cm³/mol. The number of rotatable bonds is 1. The molecule has 0 radical (unpaired) electrons. The van der Waals surface area contributed by atoms with Crippen molar-refractivity contribution in [1.29, 1.82) is 0 Å². The average Bonchev–Trinajstić information content (AvgIpc) is 2.17. The van der Waals surface area contributed by atoms with Crippen molar-refractivity contribution < 1.29 is 14.6 Å². The molecule has 0 bridgehead atoms. The molecule has 0 unspecified atom stereocenters. The molecule has 0 saturated heterocycles. The Morgan fingerprint density at radius 2 is 2.25 bits per heavy atom. The van der Waals surface area contributed by atoms with Crippen LogP contribution in [-0.4, -0.2) is 17.7 Å². The van der Waals surface area contributed by atoms with E-state index in [1.807, 2.05) is 0 Å².